The van der Waals surface area contributed by atoms with Crippen LogP contribution in [0.1, 0.15) is 22.6 Å². The van der Waals surface area contributed by atoms with Crippen LogP contribution >= 0.6 is 0 Å². The van der Waals surface area contributed by atoms with E-state index in [9.17, 15) is 23.5 Å². The largest absolute Gasteiger partial charge is 0.494 e. The van der Waals surface area contributed by atoms with E-state index in [1.54, 1.807) is 0 Å². The number of carboxylic acids is 1. The van der Waals surface area contributed by atoms with E-state index in [0.29, 0.717) is 0 Å². The molecule has 0 aromatic heterocycles. The topological polar surface area (TPSA) is 84.9 Å². The van der Waals surface area contributed by atoms with E-state index in [2.05, 4.69) is 5.32 Å². The highest BCUT2D eigenvalue weighted by Gasteiger charge is 2.30. The first-order chi connectivity index (χ1) is 15.9. The van der Waals surface area contributed by atoms with Gasteiger partial charge in [-0.2, -0.15) is 0 Å². The second-order valence-corrected chi connectivity index (χ2v) is 7.61. The van der Waals surface area contributed by atoms with E-state index in [-0.39, 0.29) is 18.3 Å². The van der Waals surface area contributed by atoms with Gasteiger partial charge in [0.15, 0.2) is 11.6 Å². The van der Waals surface area contributed by atoms with Crippen LogP contribution in [0.5, 0.6) is 5.75 Å². The number of hydrogen-bond acceptors (Lipinski definition) is 4. The van der Waals surface area contributed by atoms with E-state index in [1.165, 1.54) is 7.11 Å². The molecule has 1 amide bonds. The molecule has 8 heteroatoms. The van der Waals surface area contributed by atoms with Gasteiger partial charge in [-0.15, -0.1) is 0 Å². The molecule has 170 valence electrons. The normalized spacial score (nSPS) is 13.1. The first-order valence-corrected chi connectivity index (χ1v) is 10.3. The maximum absolute atomic E-state index is 14.4. The fourth-order valence-corrected chi connectivity index (χ4v) is 4.11. The van der Waals surface area contributed by atoms with Gasteiger partial charge in [0, 0.05) is 17.9 Å². The van der Waals surface area contributed by atoms with Gasteiger partial charge >= 0.3 is 12.1 Å². The van der Waals surface area contributed by atoms with Gasteiger partial charge < -0.3 is 19.9 Å². The third-order valence-electron chi connectivity index (χ3n) is 5.71. The van der Waals surface area contributed by atoms with E-state index in [4.69, 9.17) is 9.47 Å². The Morgan fingerprint density at radius 3 is 2.18 bits per heavy atom. The van der Waals surface area contributed by atoms with Crippen molar-refractivity contribution in [2.24, 2.45) is 0 Å². The van der Waals surface area contributed by atoms with Crippen molar-refractivity contribution in [3.63, 3.8) is 0 Å². The molecule has 33 heavy (non-hydrogen) atoms. The molecule has 4 rings (SSSR count). The Balaban J connectivity index is 1.47. The van der Waals surface area contributed by atoms with Gasteiger partial charge in [-0.1, -0.05) is 48.5 Å². The summed E-state index contributed by atoms with van der Waals surface area (Å²) in [4.78, 5) is 24.1. The summed E-state index contributed by atoms with van der Waals surface area (Å²) < 4.78 is 38.7. The van der Waals surface area contributed by atoms with Crippen molar-refractivity contribution in [1.82, 2.24) is 5.32 Å². The molecule has 3 aromatic carbocycles. The van der Waals surface area contributed by atoms with Gasteiger partial charge in [0.2, 0.25) is 0 Å². The van der Waals surface area contributed by atoms with E-state index in [0.717, 1.165) is 34.4 Å². The standard InChI is InChI=1S/C25H21F2NO5/c1-32-22-11-10-20(26)18(23(22)27)12-21(24(29)30)28-25(31)33-13-19-16-8-4-2-6-14(16)15-7-3-5-9-17(15)19/h2-11,19,21H,12-13H2,1H3,(H,28,31)(H,29,30). The predicted molar refractivity (Wildman–Crippen MR) is 116 cm³/mol. The molecule has 0 saturated carbocycles. The number of amides is 1. The summed E-state index contributed by atoms with van der Waals surface area (Å²) >= 11 is 0. The van der Waals surface area contributed by atoms with Crippen molar-refractivity contribution in [1.29, 1.82) is 0 Å². The van der Waals surface area contributed by atoms with Crippen LogP contribution in [0.3, 0.4) is 0 Å². The summed E-state index contributed by atoms with van der Waals surface area (Å²) in [6.07, 6.45) is -1.61. The molecule has 0 saturated heterocycles. The van der Waals surface area contributed by atoms with Crippen LogP contribution in [0, 0.1) is 11.6 Å². The summed E-state index contributed by atoms with van der Waals surface area (Å²) in [6, 6.07) is 16.0. The van der Waals surface area contributed by atoms with E-state index < -0.39 is 41.7 Å². The van der Waals surface area contributed by atoms with Crippen LogP contribution in [0.4, 0.5) is 13.6 Å². The number of methoxy groups -OCH3 is 1. The van der Waals surface area contributed by atoms with Crippen LogP contribution < -0.4 is 10.1 Å². The maximum Gasteiger partial charge on any atom is 0.407 e. The first kappa shape index (κ1) is 22.3. The van der Waals surface area contributed by atoms with Gasteiger partial charge in [-0.3, -0.25) is 0 Å². The SMILES string of the molecule is COc1ccc(F)c(CC(NC(=O)OCC2c3ccccc3-c3ccccc32)C(=O)O)c1F. The minimum Gasteiger partial charge on any atom is -0.494 e. The lowest BCUT2D eigenvalue weighted by Crippen LogP contribution is -2.43. The van der Waals surface area contributed by atoms with Gasteiger partial charge in [-0.25, -0.2) is 18.4 Å². The molecule has 0 aliphatic heterocycles. The van der Waals surface area contributed by atoms with Crippen LogP contribution in [0.2, 0.25) is 0 Å². The highest BCUT2D eigenvalue weighted by Crippen LogP contribution is 2.44. The fraction of sp³-hybridized carbons (Fsp3) is 0.200. The van der Waals surface area contributed by atoms with Crippen molar-refractivity contribution in [2.75, 3.05) is 13.7 Å². The Kier molecular flexibility index (Phi) is 6.26. The molecular weight excluding hydrogens is 432 g/mol. The van der Waals surface area contributed by atoms with Crippen molar-refractivity contribution in [2.45, 2.75) is 18.4 Å². The third-order valence-corrected chi connectivity index (χ3v) is 5.71. The number of alkyl carbamates (subject to hydrolysis) is 1. The smallest absolute Gasteiger partial charge is 0.407 e. The fourth-order valence-electron chi connectivity index (χ4n) is 4.11. The molecule has 0 radical (unpaired) electrons. The number of carboxylic acid groups (broad SMARTS) is 1. The third kappa shape index (κ3) is 4.37. The molecule has 0 bridgehead atoms. The molecule has 1 aliphatic carbocycles. The van der Waals surface area contributed by atoms with Crippen molar-refractivity contribution in [3.8, 4) is 16.9 Å². The highest BCUT2D eigenvalue weighted by atomic mass is 19.1. The second kappa shape index (κ2) is 9.28. The second-order valence-electron chi connectivity index (χ2n) is 7.61. The Morgan fingerprint density at radius 1 is 1.00 bits per heavy atom. The van der Waals surface area contributed by atoms with Gasteiger partial charge in [0.25, 0.3) is 0 Å². The van der Waals surface area contributed by atoms with E-state index >= 15 is 0 Å². The lowest BCUT2D eigenvalue weighted by atomic mass is 9.98. The number of carbonyl (C=O) groups is 2. The van der Waals surface area contributed by atoms with Crippen LogP contribution in [-0.4, -0.2) is 36.9 Å². The molecule has 0 spiro atoms. The first-order valence-electron chi connectivity index (χ1n) is 10.3. The van der Waals surface area contributed by atoms with Crippen molar-refractivity contribution in [3.05, 3.63) is 89.0 Å². The number of hydrogen-bond donors (Lipinski definition) is 2. The number of nitrogens with one attached hydrogen (secondary N) is 1. The number of fused-ring (bicyclic) bond motifs is 3. The van der Waals surface area contributed by atoms with Crippen molar-refractivity contribution < 1.29 is 33.0 Å². The summed E-state index contributed by atoms with van der Waals surface area (Å²) in [5.74, 6) is -3.84. The summed E-state index contributed by atoms with van der Waals surface area (Å²) in [5.41, 5.74) is 3.60. The number of benzene rings is 3. The van der Waals surface area contributed by atoms with Gasteiger partial charge in [0.05, 0.1) is 7.11 Å². The number of ether oxygens (including phenoxy) is 2. The lowest BCUT2D eigenvalue weighted by molar-refractivity contribution is -0.139. The Bertz CT molecular complexity index is 1170. The molecule has 6 nitrogen and oxygen atoms in total. The molecule has 1 unspecified atom stereocenters. The quantitative estimate of drug-likeness (QED) is 0.550. The number of rotatable bonds is 7. The molecule has 1 atom stereocenters. The Labute approximate surface area is 188 Å². The summed E-state index contributed by atoms with van der Waals surface area (Å²) in [6.45, 7) is -0.0198. The van der Waals surface area contributed by atoms with Crippen LogP contribution in [-0.2, 0) is 16.0 Å². The van der Waals surface area contributed by atoms with Crippen LogP contribution in [0.25, 0.3) is 11.1 Å². The zero-order valence-electron chi connectivity index (χ0n) is 17.7. The number of carbonyl (C=O) groups excluding carboxylic acids is 1. The molecular formula is C25H21F2NO5. The number of aliphatic carboxylic acids is 1. The predicted octanol–water partition coefficient (Wildman–Crippen LogP) is 4.51. The van der Waals surface area contributed by atoms with Gasteiger partial charge in [-0.05, 0) is 34.4 Å². The average molecular weight is 453 g/mol. The Morgan fingerprint density at radius 2 is 1.61 bits per heavy atom. The summed E-state index contributed by atoms with van der Waals surface area (Å²) in [5, 5.41) is 11.7. The molecule has 1 aliphatic rings. The zero-order valence-corrected chi connectivity index (χ0v) is 17.7. The monoisotopic (exact) mass is 453 g/mol. The molecule has 2 N–H and O–H groups in total. The maximum atomic E-state index is 14.4. The van der Waals surface area contributed by atoms with Gasteiger partial charge in [0.1, 0.15) is 18.5 Å². The minimum absolute atomic E-state index is 0.0198. The lowest BCUT2D eigenvalue weighted by Gasteiger charge is -2.18. The molecule has 0 heterocycles. The van der Waals surface area contributed by atoms with Crippen molar-refractivity contribution >= 4 is 12.1 Å². The molecule has 0 fully saturated rings. The Hall–Kier alpha value is -3.94. The zero-order chi connectivity index (χ0) is 23.5. The average Bonchev–Trinajstić information content (AvgIpc) is 3.13. The minimum atomic E-state index is -1.60. The molecule has 3 aromatic rings. The summed E-state index contributed by atoms with van der Waals surface area (Å²) in [7, 11) is 1.21. The highest BCUT2D eigenvalue weighted by molar-refractivity contribution is 5.81. The van der Waals surface area contributed by atoms with E-state index in [1.807, 2.05) is 48.5 Å². The number of halogens is 2. The van der Waals surface area contributed by atoms with Crippen LogP contribution in [0.15, 0.2) is 60.7 Å².